The van der Waals surface area contributed by atoms with Crippen LogP contribution < -0.4 is 15.0 Å². The molecule has 1 aromatic carbocycles. The second-order valence-electron chi connectivity index (χ2n) is 7.48. The lowest BCUT2D eigenvalue weighted by Gasteiger charge is -2.33. The molecule has 7 heteroatoms. The fourth-order valence-electron chi connectivity index (χ4n) is 3.82. The van der Waals surface area contributed by atoms with Gasteiger partial charge in [0.15, 0.2) is 11.5 Å². The molecule has 0 unspecified atom stereocenters. The van der Waals surface area contributed by atoms with E-state index in [1.54, 1.807) is 17.0 Å². The number of ether oxygens (including phenoxy) is 2. The highest BCUT2D eigenvalue weighted by Crippen LogP contribution is 2.34. The summed E-state index contributed by atoms with van der Waals surface area (Å²) in [6, 6.07) is 5.45. The third-order valence-electron chi connectivity index (χ3n) is 5.67. The van der Waals surface area contributed by atoms with Crippen LogP contribution in [-0.2, 0) is 6.54 Å². The van der Waals surface area contributed by atoms with Crippen molar-refractivity contribution in [2.24, 2.45) is 5.92 Å². The molecule has 4 rings (SSSR count). The Morgan fingerprint density at radius 2 is 1.93 bits per heavy atom. The Morgan fingerprint density at radius 3 is 2.71 bits per heavy atom. The number of hydrogen-bond donors (Lipinski definition) is 0. The Hall–Kier alpha value is -2.83. The number of hydrogen-bond acceptors (Lipinski definition) is 5. The Labute approximate surface area is 163 Å². The van der Waals surface area contributed by atoms with Crippen molar-refractivity contribution >= 4 is 5.91 Å². The molecule has 2 aromatic rings. The van der Waals surface area contributed by atoms with Crippen molar-refractivity contribution in [1.29, 1.82) is 0 Å². The molecule has 7 nitrogen and oxygen atoms in total. The highest BCUT2D eigenvalue weighted by atomic mass is 16.6. The van der Waals surface area contributed by atoms with E-state index in [-0.39, 0.29) is 11.5 Å². The fourth-order valence-corrected chi connectivity index (χ4v) is 3.82. The molecule has 1 fully saturated rings. The number of rotatable bonds is 3. The van der Waals surface area contributed by atoms with Gasteiger partial charge in [0.1, 0.15) is 13.2 Å². The molecule has 0 spiro atoms. The van der Waals surface area contributed by atoms with Gasteiger partial charge in [0, 0.05) is 30.9 Å². The average molecular weight is 383 g/mol. The van der Waals surface area contributed by atoms with Gasteiger partial charge in [-0.2, -0.15) is 0 Å². The fraction of sp³-hybridized carbons (Fsp3) is 0.476. The zero-order valence-electron chi connectivity index (χ0n) is 16.3. The first-order chi connectivity index (χ1) is 13.5. The monoisotopic (exact) mass is 383 g/mol. The van der Waals surface area contributed by atoms with Crippen LogP contribution in [0.15, 0.2) is 29.3 Å². The van der Waals surface area contributed by atoms with Crippen LogP contribution in [0.5, 0.6) is 11.5 Å². The summed E-state index contributed by atoms with van der Waals surface area (Å²) in [7, 11) is 0. The molecule has 28 heavy (non-hydrogen) atoms. The average Bonchev–Trinajstić information content (AvgIpc) is 2.74. The van der Waals surface area contributed by atoms with Crippen molar-refractivity contribution in [2.45, 2.75) is 33.2 Å². The topological polar surface area (TPSA) is 73.7 Å². The van der Waals surface area contributed by atoms with Crippen LogP contribution in [0.3, 0.4) is 0 Å². The summed E-state index contributed by atoms with van der Waals surface area (Å²) in [5.41, 5.74) is 2.06. The zero-order chi connectivity index (χ0) is 19.7. The molecule has 0 bridgehead atoms. The summed E-state index contributed by atoms with van der Waals surface area (Å²) in [5, 5.41) is 0. The van der Waals surface area contributed by atoms with Gasteiger partial charge < -0.3 is 14.4 Å². The molecule has 3 heterocycles. The van der Waals surface area contributed by atoms with Crippen LogP contribution in [0.2, 0.25) is 0 Å². The number of benzene rings is 1. The molecule has 0 N–H and O–H groups in total. The number of aromatic nitrogens is 2. The summed E-state index contributed by atoms with van der Waals surface area (Å²) in [4.78, 5) is 31.6. The van der Waals surface area contributed by atoms with Crippen molar-refractivity contribution in [3.63, 3.8) is 0 Å². The maximum absolute atomic E-state index is 13.0. The Morgan fingerprint density at radius 1 is 1.18 bits per heavy atom. The summed E-state index contributed by atoms with van der Waals surface area (Å²) >= 11 is 0. The van der Waals surface area contributed by atoms with Crippen LogP contribution >= 0.6 is 0 Å². The van der Waals surface area contributed by atoms with Gasteiger partial charge in [0.2, 0.25) is 0 Å². The maximum Gasteiger partial charge on any atom is 0.257 e. The third-order valence-corrected chi connectivity index (χ3v) is 5.67. The highest BCUT2D eigenvalue weighted by Gasteiger charge is 2.28. The number of para-hydroxylation sites is 1. The predicted molar refractivity (Wildman–Crippen MR) is 104 cm³/mol. The molecule has 1 amide bonds. The Bertz CT molecular complexity index is 945. The van der Waals surface area contributed by atoms with E-state index in [4.69, 9.17) is 9.47 Å². The lowest BCUT2D eigenvalue weighted by Crippen LogP contribution is -2.40. The summed E-state index contributed by atoms with van der Waals surface area (Å²) in [5.74, 6) is 1.52. The molecule has 148 valence electrons. The lowest BCUT2D eigenvalue weighted by atomic mass is 9.96. The normalized spacial score (nSPS) is 16.9. The number of likely N-dealkylation sites (tertiary alicyclic amines) is 1. The van der Waals surface area contributed by atoms with E-state index >= 15 is 0 Å². The van der Waals surface area contributed by atoms with Gasteiger partial charge >= 0.3 is 0 Å². The number of aryl methyl sites for hydroxylation is 1. The quantitative estimate of drug-likeness (QED) is 0.812. The van der Waals surface area contributed by atoms with Crippen molar-refractivity contribution in [2.75, 3.05) is 26.3 Å². The van der Waals surface area contributed by atoms with Crippen LogP contribution in [0, 0.1) is 19.8 Å². The zero-order valence-corrected chi connectivity index (χ0v) is 16.3. The first kappa shape index (κ1) is 18.5. The van der Waals surface area contributed by atoms with Crippen molar-refractivity contribution in [3.05, 3.63) is 51.7 Å². The number of fused-ring (bicyclic) bond motifs is 1. The molecule has 0 radical (unpaired) electrons. The summed E-state index contributed by atoms with van der Waals surface area (Å²) in [6.45, 7) is 6.60. The summed E-state index contributed by atoms with van der Waals surface area (Å²) in [6.07, 6.45) is 3.35. The third kappa shape index (κ3) is 3.48. The van der Waals surface area contributed by atoms with Crippen molar-refractivity contribution < 1.29 is 14.3 Å². The Kier molecular flexibility index (Phi) is 5.07. The van der Waals surface area contributed by atoms with E-state index in [1.165, 1.54) is 0 Å². The largest absolute Gasteiger partial charge is 0.486 e. The Balaban J connectivity index is 1.41. The predicted octanol–water partition coefficient (Wildman–Crippen LogP) is 2.18. The number of carbonyl (C=O) groups excluding carboxylic acids is 1. The molecule has 2 aliphatic heterocycles. The van der Waals surface area contributed by atoms with Gasteiger partial charge in [0.05, 0.1) is 11.9 Å². The standard InChI is InChI=1S/C21H25N3O4/c1-14-15(2)22-13-24(20(14)25)12-16-6-8-23(9-7-16)21(26)17-4-3-5-18-19(17)28-11-10-27-18/h3-5,13,16H,6-12H2,1-2H3. The van der Waals surface area contributed by atoms with Gasteiger partial charge in [-0.3, -0.25) is 14.2 Å². The maximum atomic E-state index is 13.0. The van der Waals surface area contributed by atoms with Gasteiger partial charge in [-0.1, -0.05) is 6.07 Å². The molecule has 0 atom stereocenters. The second-order valence-corrected chi connectivity index (χ2v) is 7.48. The molecule has 0 saturated carbocycles. The summed E-state index contributed by atoms with van der Waals surface area (Å²) < 4.78 is 13.0. The van der Waals surface area contributed by atoms with Crippen molar-refractivity contribution in [1.82, 2.24) is 14.5 Å². The van der Waals surface area contributed by atoms with Crippen LogP contribution in [0.4, 0.5) is 0 Å². The van der Waals surface area contributed by atoms with E-state index in [1.807, 2.05) is 30.9 Å². The number of carbonyl (C=O) groups is 1. The first-order valence-electron chi connectivity index (χ1n) is 9.75. The molecular weight excluding hydrogens is 358 g/mol. The minimum absolute atomic E-state index is 0.0224. The van der Waals surface area contributed by atoms with Crippen molar-refractivity contribution in [3.8, 4) is 11.5 Å². The van der Waals surface area contributed by atoms with Gasteiger partial charge in [0.25, 0.3) is 11.5 Å². The molecule has 1 saturated heterocycles. The highest BCUT2D eigenvalue weighted by molar-refractivity contribution is 5.98. The van der Waals surface area contributed by atoms with E-state index in [2.05, 4.69) is 4.98 Å². The molecule has 2 aliphatic rings. The van der Waals surface area contributed by atoms with Gasteiger partial charge in [-0.15, -0.1) is 0 Å². The minimum atomic E-state index is -0.0224. The number of piperidine rings is 1. The van der Waals surface area contributed by atoms with E-state index in [0.717, 1.165) is 18.5 Å². The van der Waals surface area contributed by atoms with E-state index in [0.29, 0.717) is 61.4 Å². The van der Waals surface area contributed by atoms with Gasteiger partial charge in [-0.05, 0) is 44.7 Å². The molecular formula is C21H25N3O4. The SMILES string of the molecule is Cc1ncn(CC2CCN(C(=O)c3cccc4c3OCCO4)CC2)c(=O)c1C. The molecule has 0 aliphatic carbocycles. The number of nitrogens with zero attached hydrogens (tertiary/aromatic N) is 3. The minimum Gasteiger partial charge on any atom is -0.486 e. The number of amides is 1. The lowest BCUT2D eigenvalue weighted by molar-refractivity contribution is 0.0672. The smallest absolute Gasteiger partial charge is 0.257 e. The second kappa shape index (κ2) is 7.66. The van der Waals surface area contributed by atoms with Crippen LogP contribution in [0.25, 0.3) is 0 Å². The van der Waals surface area contributed by atoms with Crippen LogP contribution in [0.1, 0.15) is 34.5 Å². The molecule has 1 aromatic heterocycles. The van der Waals surface area contributed by atoms with E-state index < -0.39 is 0 Å². The first-order valence-corrected chi connectivity index (χ1v) is 9.75. The van der Waals surface area contributed by atoms with Crippen LogP contribution in [-0.4, -0.2) is 46.7 Å². The van der Waals surface area contributed by atoms with E-state index in [9.17, 15) is 9.59 Å². The van der Waals surface area contributed by atoms with Gasteiger partial charge in [-0.25, -0.2) is 4.98 Å².